The van der Waals surface area contributed by atoms with Crippen LogP contribution in [0.5, 0.6) is 0 Å². The van der Waals surface area contributed by atoms with Crippen molar-refractivity contribution >= 4 is 30.7 Å². The normalized spacial score (nSPS) is 16.9. The standard InChI is InChI=1S/C26H39N7OSi/c1-25(2,3)35(7,8)34-17-26(4,5)20-12-24(32-28-15-20)31-23-10-9-21-22(30-23)11-18(13-27-21)19-14-29-33(6)16-19/h9-13,15-16,28-29,32H,14,17H2,1-8H3,(H,30,31). The van der Waals surface area contributed by atoms with E-state index in [0.29, 0.717) is 6.61 Å². The lowest BCUT2D eigenvalue weighted by atomic mass is 9.85. The fraction of sp³-hybridized carbons (Fsp3) is 0.462. The molecule has 0 aromatic carbocycles. The number of anilines is 1. The second-order valence-corrected chi connectivity index (χ2v) is 16.4. The van der Waals surface area contributed by atoms with Gasteiger partial charge in [0.15, 0.2) is 8.32 Å². The van der Waals surface area contributed by atoms with Crippen LogP contribution in [0.15, 0.2) is 54.3 Å². The van der Waals surface area contributed by atoms with Crippen LogP contribution in [0, 0.1) is 5.41 Å². The van der Waals surface area contributed by atoms with Crippen molar-refractivity contribution < 1.29 is 4.43 Å². The molecule has 4 rings (SSSR count). The van der Waals surface area contributed by atoms with Crippen LogP contribution >= 0.6 is 0 Å². The Balaban J connectivity index is 1.49. The lowest BCUT2D eigenvalue weighted by Crippen LogP contribution is -2.44. The van der Waals surface area contributed by atoms with Gasteiger partial charge in [0, 0.05) is 49.8 Å². The zero-order chi connectivity index (χ0) is 25.4. The zero-order valence-electron chi connectivity index (χ0n) is 22.2. The molecule has 0 bridgehead atoms. The van der Waals surface area contributed by atoms with Crippen molar-refractivity contribution in [2.24, 2.45) is 5.41 Å². The second kappa shape index (κ2) is 9.29. The topological polar surface area (TPSA) is 86.4 Å². The van der Waals surface area contributed by atoms with Gasteiger partial charge in [0.2, 0.25) is 0 Å². The van der Waals surface area contributed by atoms with Crippen LogP contribution < -0.4 is 21.6 Å². The molecule has 8 nitrogen and oxygen atoms in total. The molecule has 4 heterocycles. The Kier molecular flexibility index (Phi) is 6.69. The smallest absolute Gasteiger partial charge is 0.192 e. The highest BCUT2D eigenvalue weighted by molar-refractivity contribution is 6.74. The molecule has 0 saturated heterocycles. The van der Waals surface area contributed by atoms with Crippen molar-refractivity contribution in [3.8, 4) is 0 Å². The molecule has 0 amide bonds. The van der Waals surface area contributed by atoms with Crippen LogP contribution in [-0.2, 0) is 4.43 Å². The first-order valence-electron chi connectivity index (χ1n) is 12.1. The molecule has 9 heteroatoms. The Labute approximate surface area is 210 Å². The Morgan fingerprint density at radius 3 is 2.60 bits per heavy atom. The lowest BCUT2D eigenvalue weighted by Gasteiger charge is -2.39. The third kappa shape index (κ3) is 5.69. The Morgan fingerprint density at radius 1 is 1.14 bits per heavy atom. The molecule has 2 aromatic heterocycles. The summed E-state index contributed by atoms with van der Waals surface area (Å²) in [6.45, 7) is 17.3. The highest BCUT2D eigenvalue weighted by Crippen LogP contribution is 2.39. The van der Waals surface area contributed by atoms with Crippen LogP contribution in [0.1, 0.15) is 40.2 Å². The van der Waals surface area contributed by atoms with Crippen LogP contribution in [0.4, 0.5) is 5.82 Å². The van der Waals surface area contributed by atoms with Gasteiger partial charge in [-0.3, -0.25) is 10.4 Å². The first-order chi connectivity index (χ1) is 16.3. The van der Waals surface area contributed by atoms with Crippen molar-refractivity contribution in [2.45, 2.75) is 52.8 Å². The number of hydrogen-bond donors (Lipinski definition) is 4. The number of fused-ring (bicyclic) bond motifs is 1. The quantitative estimate of drug-likeness (QED) is 0.413. The number of hydrogen-bond acceptors (Lipinski definition) is 8. The van der Waals surface area contributed by atoms with Crippen LogP contribution in [0.25, 0.3) is 16.6 Å². The molecule has 0 spiro atoms. The third-order valence-electron chi connectivity index (χ3n) is 7.16. The van der Waals surface area contributed by atoms with Crippen molar-refractivity contribution in [1.29, 1.82) is 0 Å². The maximum Gasteiger partial charge on any atom is 0.192 e. The van der Waals surface area contributed by atoms with Gasteiger partial charge >= 0.3 is 0 Å². The minimum absolute atomic E-state index is 0.149. The van der Waals surface area contributed by atoms with Crippen LogP contribution in [0.2, 0.25) is 18.1 Å². The van der Waals surface area contributed by atoms with Crippen molar-refractivity contribution in [1.82, 2.24) is 31.3 Å². The molecule has 0 atom stereocenters. The number of nitrogens with zero attached hydrogens (tertiary/aromatic N) is 3. The minimum atomic E-state index is -1.83. The van der Waals surface area contributed by atoms with Gasteiger partial charge in [-0.05, 0) is 53.6 Å². The van der Waals surface area contributed by atoms with E-state index in [1.165, 1.54) is 5.57 Å². The molecule has 2 aromatic rings. The summed E-state index contributed by atoms with van der Waals surface area (Å²) < 4.78 is 6.54. The van der Waals surface area contributed by atoms with Gasteiger partial charge in [-0.2, -0.15) is 0 Å². The molecular weight excluding hydrogens is 454 g/mol. The molecule has 0 aliphatic carbocycles. The van der Waals surface area contributed by atoms with Gasteiger partial charge < -0.3 is 20.2 Å². The Bertz CT molecular complexity index is 1190. The summed E-state index contributed by atoms with van der Waals surface area (Å²) in [7, 11) is 0.163. The van der Waals surface area contributed by atoms with Gasteiger partial charge in [0.1, 0.15) is 11.6 Å². The van der Waals surface area contributed by atoms with Gasteiger partial charge in [0.25, 0.3) is 0 Å². The van der Waals surface area contributed by atoms with E-state index < -0.39 is 8.32 Å². The van der Waals surface area contributed by atoms with E-state index in [1.807, 2.05) is 36.6 Å². The average Bonchev–Trinajstić information content (AvgIpc) is 3.23. The molecule has 0 saturated carbocycles. The summed E-state index contributed by atoms with van der Waals surface area (Å²) in [5, 5.41) is 5.55. The molecule has 0 radical (unpaired) electrons. The lowest BCUT2D eigenvalue weighted by molar-refractivity contribution is 0.195. The van der Waals surface area contributed by atoms with E-state index in [1.54, 1.807) is 0 Å². The maximum atomic E-state index is 6.54. The number of aromatic nitrogens is 2. The molecule has 0 fully saturated rings. The molecule has 0 unspecified atom stereocenters. The maximum absolute atomic E-state index is 6.54. The number of rotatable bonds is 7. The van der Waals surface area contributed by atoms with E-state index in [2.05, 4.69) is 92.6 Å². The van der Waals surface area contributed by atoms with Crippen molar-refractivity contribution in [2.75, 3.05) is 25.5 Å². The van der Waals surface area contributed by atoms with Gasteiger partial charge in [-0.15, -0.1) is 0 Å². The summed E-state index contributed by atoms with van der Waals surface area (Å²) in [4.78, 5) is 9.42. The molecule has 188 valence electrons. The molecule has 2 aliphatic heterocycles. The van der Waals surface area contributed by atoms with E-state index >= 15 is 0 Å². The minimum Gasteiger partial charge on any atom is -0.416 e. The number of nitrogens with one attached hydrogen (secondary N) is 4. The van der Waals surface area contributed by atoms with Gasteiger partial charge in [-0.25, -0.2) is 10.4 Å². The van der Waals surface area contributed by atoms with Crippen molar-refractivity contribution in [3.63, 3.8) is 0 Å². The van der Waals surface area contributed by atoms with Gasteiger partial charge in [0.05, 0.1) is 11.0 Å². The predicted molar refractivity (Wildman–Crippen MR) is 146 cm³/mol. The largest absolute Gasteiger partial charge is 0.416 e. The number of allylic oxidation sites excluding steroid dienone is 1. The SMILES string of the molecule is CN1C=C(c2cnc3ccc(NC4=CC(C(C)(C)CO[Si](C)(C)C(C)(C)C)=CNN4)nc3c2)CN1. The summed E-state index contributed by atoms with van der Waals surface area (Å²) in [6, 6.07) is 6.03. The Morgan fingerprint density at radius 2 is 1.91 bits per heavy atom. The second-order valence-electron chi connectivity index (χ2n) is 11.5. The molecule has 2 aliphatic rings. The molecular formula is C26H39N7OSi. The first-order valence-corrected chi connectivity index (χ1v) is 15.0. The predicted octanol–water partition coefficient (Wildman–Crippen LogP) is 4.71. The van der Waals surface area contributed by atoms with E-state index in [4.69, 9.17) is 9.41 Å². The zero-order valence-corrected chi connectivity index (χ0v) is 23.2. The third-order valence-corrected chi connectivity index (χ3v) is 11.6. The summed E-state index contributed by atoms with van der Waals surface area (Å²) in [5.74, 6) is 1.59. The van der Waals surface area contributed by atoms with E-state index in [0.717, 1.165) is 40.4 Å². The number of hydrazine groups is 2. The fourth-order valence-corrected chi connectivity index (χ4v) is 4.80. The molecule has 35 heavy (non-hydrogen) atoms. The highest BCUT2D eigenvalue weighted by Gasteiger charge is 2.39. The molecule has 4 N–H and O–H groups in total. The number of pyridine rings is 2. The first kappa shape index (κ1) is 25.2. The van der Waals surface area contributed by atoms with Gasteiger partial charge in [-0.1, -0.05) is 34.6 Å². The van der Waals surface area contributed by atoms with E-state index in [9.17, 15) is 0 Å². The van der Waals surface area contributed by atoms with E-state index in [-0.39, 0.29) is 10.5 Å². The Hall–Kier alpha value is -2.88. The fourth-order valence-electron chi connectivity index (χ4n) is 3.64. The summed E-state index contributed by atoms with van der Waals surface area (Å²) >= 11 is 0. The monoisotopic (exact) mass is 493 g/mol. The summed E-state index contributed by atoms with van der Waals surface area (Å²) in [5.41, 5.74) is 14.6. The summed E-state index contributed by atoms with van der Waals surface area (Å²) in [6.07, 6.45) is 8.11. The van der Waals surface area contributed by atoms with Crippen molar-refractivity contribution in [3.05, 3.63) is 59.8 Å². The van der Waals surface area contributed by atoms with Crippen LogP contribution in [0.3, 0.4) is 0 Å². The highest BCUT2D eigenvalue weighted by atomic mass is 28.4. The average molecular weight is 494 g/mol. The van der Waals surface area contributed by atoms with Crippen LogP contribution in [-0.4, -0.2) is 43.5 Å².